The van der Waals surface area contributed by atoms with E-state index in [9.17, 15) is 9.59 Å². The Morgan fingerprint density at radius 1 is 0.885 bits per heavy atom. The number of hydrogen-bond donors (Lipinski definition) is 0. The van der Waals surface area contributed by atoms with E-state index in [0.29, 0.717) is 13.0 Å². The molecule has 4 heteroatoms. The summed E-state index contributed by atoms with van der Waals surface area (Å²) in [4.78, 5) is 24.9. The second kappa shape index (κ2) is 11.2. The van der Waals surface area contributed by atoms with Crippen LogP contribution < -0.4 is 0 Å². The number of ketones is 1. The summed E-state index contributed by atoms with van der Waals surface area (Å²) in [6.07, 6.45) is 1.31. The highest BCUT2D eigenvalue weighted by Gasteiger charge is 2.28. The van der Waals surface area contributed by atoms with Crippen molar-refractivity contribution < 1.29 is 19.1 Å². The molecule has 0 N–H and O–H groups in total. The van der Waals surface area contributed by atoms with Gasteiger partial charge >= 0.3 is 5.97 Å². The van der Waals surface area contributed by atoms with Crippen molar-refractivity contribution in [2.24, 2.45) is 0 Å². The zero-order chi connectivity index (χ0) is 18.6. The maximum atomic E-state index is 12.6. The number of carbonyl (C=O) groups excluding carboxylic acids is 2. The first-order valence-electron chi connectivity index (χ1n) is 9.09. The highest BCUT2D eigenvalue weighted by Crippen LogP contribution is 2.08. The maximum absolute atomic E-state index is 12.6. The van der Waals surface area contributed by atoms with Gasteiger partial charge in [-0.15, -0.1) is 0 Å². The van der Waals surface area contributed by atoms with Gasteiger partial charge in [0.1, 0.15) is 0 Å². The maximum Gasteiger partial charge on any atom is 0.343 e. The van der Waals surface area contributed by atoms with Gasteiger partial charge < -0.3 is 9.47 Å². The van der Waals surface area contributed by atoms with Crippen LogP contribution in [-0.4, -0.2) is 31.1 Å². The minimum atomic E-state index is -1.17. The molecule has 0 amide bonds. The van der Waals surface area contributed by atoms with Gasteiger partial charge in [-0.3, -0.25) is 4.79 Å². The van der Waals surface area contributed by atoms with Gasteiger partial charge in [0.2, 0.25) is 6.10 Å². The zero-order valence-corrected chi connectivity index (χ0v) is 15.2. The molecule has 4 nitrogen and oxygen atoms in total. The summed E-state index contributed by atoms with van der Waals surface area (Å²) < 4.78 is 10.9. The van der Waals surface area contributed by atoms with Crippen molar-refractivity contribution in [1.82, 2.24) is 0 Å². The molecule has 2 aromatic rings. The van der Waals surface area contributed by atoms with Gasteiger partial charge in [-0.1, -0.05) is 74.0 Å². The molecule has 0 saturated heterocycles. The Morgan fingerprint density at radius 2 is 1.50 bits per heavy atom. The van der Waals surface area contributed by atoms with E-state index in [4.69, 9.17) is 9.47 Å². The summed E-state index contributed by atoms with van der Waals surface area (Å²) in [7, 11) is 0. The van der Waals surface area contributed by atoms with E-state index in [1.165, 1.54) is 0 Å². The van der Waals surface area contributed by atoms with Gasteiger partial charge in [0.25, 0.3) is 0 Å². The minimum Gasteiger partial charge on any atom is -0.463 e. The number of hydrogen-bond acceptors (Lipinski definition) is 4. The fourth-order valence-corrected chi connectivity index (χ4v) is 2.51. The molecule has 0 aliphatic carbocycles. The van der Waals surface area contributed by atoms with Crippen LogP contribution in [0.4, 0.5) is 0 Å². The third kappa shape index (κ3) is 6.81. The molecule has 0 radical (unpaired) electrons. The lowest BCUT2D eigenvalue weighted by atomic mass is 10.1. The quantitative estimate of drug-likeness (QED) is 0.350. The first kappa shape index (κ1) is 19.9. The Balaban J connectivity index is 1.95. The predicted octanol–water partition coefficient (Wildman–Crippen LogP) is 3.77. The standard InChI is InChI=1S/C22H26O4/c1-2-3-15-26-22(24)21(20(23)17-19-12-8-5-9-13-19)25-16-14-18-10-6-4-7-11-18/h4-13,21H,2-3,14-17H2,1H3. The van der Waals surface area contributed by atoms with Crippen molar-refractivity contribution in [3.63, 3.8) is 0 Å². The van der Waals surface area contributed by atoms with Gasteiger partial charge in [-0.05, 0) is 24.0 Å². The van der Waals surface area contributed by atoms with Gasteiger partial charge in [-0.2, -0.15) is 0 Å². The Labute approximate surface area is 155 Å². The lowest BCUT2D eigenvalue weighted by molar-refractivity contribution is -0.161. The van der Waals surface area contributed by atoms with E-state index in [1.807, 2.05) is 67.6 Å². The van der Waals surface area contributed by atoms with E-state index in [-0.39, 0.29) is 18.8 Å². The Bertz CT molecular complexity index is 667. The third-order valence-corrected chi connectivity index (χ3v) is 3.99. The number of carbonyl (C=O) groups is 2. The highest BCUT2D eigenvalue weighted by atomic mass is 16.6. The smallest absolute Gasteiger partial charge is 0.343 e. The van der Waals surface area contributed by atoms with Crippen LogP contribution >= 0.6 is 0 Å². The van der Waals surface area contributed by atoms with Crippen LogP contribution in [0.3, 0.4) is 0 Å². The fraction of sp³-hybridized carbons (Fsp3) is 0.364. The van der Waals surface area contributed by atoms with Crippen LogP contribution in [0.15, 0.2) is 60.7 Å². The molecule has 0 aliphatic heterocycles. The van der Waals surface area contributed by atoms with Crippen molar-refractivity contribution in [2.75, 3.05) is 13.2 Å². The monoisotopic (exact) mass is 354 g/mol. The number of unbranched alkanes of at least 4 members (excludes halogenated alkanes) is 1. The lowest BCUT2D eigenvalue weighted by Crippen LogP contribution is -2.36. The van der Waals surface area contributed by atoms with Crippen LogP contribution in [0.25, 0.3) is 0 Å². The van der Waals surface area contributed by atoms with Crippen LogP contribution in [0, 0.1) is 0 Å². The van der Waals surface area contributed by atoms with Crippen molar-refractivity contribution >= 4 is 11.8 Å². The van der Waals surface area contributed by atoms with Crippen molar-refractivity contribution in [1.29, 1.82) is 0 Å². The van der Waals surface area contributed by atoms with E-state index >= 15 is 0 Å². The van der Waals surface area contributed by atoms with Crippen LogP contribution in [0.1, 0.15) is 30.9 Å². The van der Waals surface area contributed by atoms with Gasteiger partial charge in [0, 0.05) is 6.42 Å². The molecule has 0 fully saturated rings. The largest absolute Gasteiger partial charge is 0.463 e. The van der Waals surface area contributed by atoms with Crippen molar-refractivity contribution in [2.45, 2.75) is 38.7 Å². The molecule has 0 aromatic heterocycles. The summed E-state index contributed by atoms with van der Waals surface area (Å²) in [5.74, 6) is -0.863. The molecule has 1 atom stereocenters. The number of ether oxygens (including phenoxy) is 2. The normalized spacial score (nSPS) is 11.7. The molecule has 2 aromatic carbocycles. The number of esters is 1. The second-order valence-corrected chi connectivity index (χ2v) is 6.14. The van der Waals surface area contributed by atoms with Gasteiger partial charge in [-0.25, -0.2) is 4.79 Å². The summed E-state index contributed by atoms with van der Waals surface area (Å²) in [5, 5.41) is 0. The first-order chi connectivity index (χ1) is 12.7. The Morgan fingerprint density at radius 3 is 2.12 bits per heavy atom. The molecular weight excluding hydrogens is 328 g/mol. The Hall–Kier alpha value is -2.46. The average Bonchev–Trinajstić information content (AvgIpc) is 2.67. The molecular formula is C22H26O4. The van der Waals surface area contributed by atoms with Gasteiger partial charge in [0.05, 0.1) is 13.2 Å². The highest BCUT2D eigenvalue weighted by molar-refractivity contribution is 6.02. The fourth-order valence-electron chi connectivity index (χ4n) is 2.51. The lowest BCUT2D eigenvalue weighted by Gasteiger charge is -2.16. The molecule has 138 valence electrons. The number of benzene rings is 2. The summed E-state index contributed by atoms with van der Waals surface area (Å²) in [6, 6.07) is 19.2. The molecule has 0 bridgehead atoms. The van der Waals surface area contributed by atoms with Crippen LogP contribution in [0.5, 0.6) is 0 Å². The molecule has 2 rings (SSSR count). The van der Waals surface area contributed by atoms with E-state index in [0.717, 1.165) is 24.0 Å². The molecule has 0 spiro atoms. The molecule has 0 saturated carbocycles. The SMILES string of the molecule is CCCCOC(=O)C(OCCc1ccccc1)C(=O)Cc1ccccc1. The van der Waals surface area contributed by atoms with E-state index in [2.05, 4.69) is 0 Å². The third-order valence-electron chi connectivity index (χ3n) is 3.99. The molecule has 1 unspecified atom stereocenters. The zero-order valence-electron chi connectivity index (χ0n) is 15.2. The van der Waals surface area contributed by atoms with Crippen LogP contribution in [0.2, 0.25) is 0 Å². The second-order valence-electron chi connectivity index (χ2n) is 6.14. The first-order valence-corrected chi connectivity index (χ1v) is 9.09. The molecule has 0 aliphatic rings. The predicted molar refractivity (Wildman–Crippen MR) is 101 cm³/mol. The van der Waals surface area contributed by atoms with Gasteiger partial charge in [0.15, 0.2) is 5.78 Å². The van der Waals surface area contributed by atoms with E-state index in [1.54, 1.807) is 0 Å². The van der Waals surface area contributed by atoms with Crippen molar-refractivity contribution in [3.8, 4) is 0 Å². The topological polar surface area (TPSA) is 52.6 Å². The summed E-state index contributed by atoms with van der Waals surface area (Å²) in [5.41, 5.74) is 1.96. The average molecular weight is 354 g/mol. The molecule has 26 heavy (non-hydrogen) atoms. The number of rotatable bonds is 11. The van der Waals surface area contributed by atoms with E-state index < -0.39 is 12.1 Å². The summed E-state index contributed by atoms with van der Waals surface area (Å²) in [6.45, 7) is 2.62. The minimum absolute atomic E-state index is 0.153. The number of Topliss-reactive ketones (excluding diaryl/α,β-unsaturated/α-hetero) is 1. The van der Waals surface area contributed by atoms with Crippen molar-refractivity contribution in [3.05, 3.63) is 71.8 Å². The molecule has 0 heterocycles. The summed E-state index contributed by atoms with van der Waals surface area (Å²) >= 11 is 0. The Kier molecular flexibility index (Phi) is 8.56. The van der Waals surface area contributed by atoms with Crippen LogP contribution in [-0.2, 0) is 31.9 Å².